The van der Waals surface area contributed by atoms with E-state index in [2.05, 4.69) is 12.2 Å². The number of hydrogen-bond donors (Lipinski definition) is 2. The molecule has 24 heavy (non-hydrogen) atoms. The second-order valence-corrected chi connectivity index (χ2v) is 5.74. The lowest BCUT2D eigenvalue weighted by molar-refractivity contribution is -0.122. The first-order valence-electron chi connectivity index (χ1n) is 8.29. The summed E-state index contributed by atoms with van der Waals surface area (Å²) in [5.74, 6) is -0.169. The number of fused-ring (bicyclic) bond motifs is 1. The van der Waals surface area contributed by atoms with Crippen LogP contribution < -0.4 is 16.7 Å². The molecule has 1 atom stereocenters. The quantitative estimate of drug-likeness (QED) is 0.759. The van der Waals surface area contributed by atoms with Crippen molar-refractivity contribution in [1.82, 2.24) is 14.5 Å². The molecule has 6 nitrogen and oxygen atoms in total. The Morgan fingerprint density at radius 2 is 1.83 bits per heavy atom. The van der Waals surface area contributed by atoms with Gasteiger partial charge in [-0.25, -0.2) is 4.79 Å². The maximum absolute atomic E-state index is 12.5. The summed E-state index contributed by atoms with van der Waals surface area (Å²) >= 11 is 0. The van der Waals surface area contributed by atoms with Crippen molar-refractivity contribution in [2.75, 3.05) is 6.54 Å². The number of hydrogen-bond acceptors (Lipinski definition) is 3. The van der Waals surface area contributed by atoms with E-state index in [1.54, 1.807) is 4.57 Å². The molecular formula is C17H27ClN4O2. The van der Waals surface area contributed by atoms with Gasteiger partial charge >= 0.3 is 5.69 Å². The standard InChI is InChI=1S/C17H26N4O2.ClH/c1-3-5-8-13(11-18)19-16(22)12-21-15-10-7-6-9-14(15)20(4-2)17(21)23;/h6-7,9-10,13H,3-5,8,11-12,18H2,1-2H3,(H,19,22);1H. The highest BCUT2D eigenvalue weighted by molar-refractivity contribution is 5.85. The van der Waals surface area contributed by atoms with Crippen LogP contribution in [0.25, 0.3) is 11.0 Å². The predicted octanol–water partition coefficient (Wildman–Crippen LogP) is 1.88. The maximum Gasteiger partial charge on any atom is 0.329 e. The number of nitrogens with one attached hydrogen (secondary N) is 1. The van der Waals surface area contributed by atoms with Crippen molar-refractivity contribution in [3.05, 3.63) is 34.7 Å². The van der Waals surface area contributed by atoms with Crippen LogP contribution in [0.4, 0.5) is 0 Å². The molecule has 0 aliphatic carbocycles. The summed E-state index contributed by atoms with van der Waals surface area (Å²) in [6.45, 7) is 5.05. The van der Waals surface area contributed by atoms with Gasteiger partial charge in [0.1, 0.15) is 6.54 Å². The average Bonchev–Trinajstić information content (AvgIpc) is 2.83. The number of aromatic nitrogens is 2. The zero-order chi connectivity index (χ0) is 16.8. The fraction of sp³-hybridized carbons (Fsp3) is 0.529. The van der Waals surface area contributed by atoms with Crippen molar-refractivity contribution < 1.29 is 4.79 Å². The van der Waals surface area contributed by atoms with Gasteiger partial charge in [0, 0.05) is 19.1 Å². The van der Waals surface area contributed by atoms with E-state index in [-0.39, 0.29) is 36.6 Å². The molecule has 7 heteroatoms. The zero-order valence-corrected chi connectivity index (χ0v) is 15.1. The molecule has 1 unspecified atom stereocenters. The van der Waals surface area contributed by atoms with Crippen molar-refractivity contribution in [3.8, 4) is 0 Å². The predicted molar refractivity (Wildman–Crippen MR) is 99.6 cm³/mol. The van der Waals surface area contributed by atoms with Gasteiger partial charge in [-0.3, -0.25) is 13.9 Å². The van der Waals surface area contributed by atoms with E-state index < -0.39 is 0 Å². The summed E-state index contributed by atoms with van der Waals surface area (Å²) in [7, 11) is 0. The number of rotatable bonds is 8. The summed E-state index contributed by atoms with van der Waals surface area (Å²) in [5.41, 5.74) is 7.20. The third-order valence-corrected chi connectivity index (χ3v) is 4.10. The van der Waals surface area contributed by atoms with E-state index in [1.165, 1.54) is 4.57 Å². The number of unbranched alkanes of at least 4 members (excludes halogenated alkanes) is 1. The third-order valence-electron chi connectivity index (χ3n) is 4.10. The first-order valence-corrected chi connectivity index (χ1v) is 8.29. The molecule has 0 saturated heterocycles. The number of amides is 1. The topological polar surface area (TPSA) is 82.1 Å². The van der Waals surface area contributed by atoms with Gasteiger partial charge in [-0.2, -0.15) is 0 Å². The van der Waals surface area contributed by atoms with E-state index in [1.807, 2.05) is 31.2 Å². The van der Waals surface area contributed by atoms with Crippen LogP contribution in [-0.4, -0.2) is 27.6 Å². The maximum atomic E-state index is 12.5. The van der Waals surface area contributed by atoms with Gasteiger partial charge in [-0.1, -0.05) is 31.9 Å². The summed E-state index contributed by atoms with van der Waals surface area (Å²) in [6.07, 6.45) is 2.96. The number of imidazole rings is 1. The second kappa shape index (κ2) is 9.49. The summed E-state index contributed by atoms with van der Waals surface area (Å²) < 4.78 is 3.21. The van der Waals surface area contributed by atoms with E-state index in [9.17, 15) is 9.59 Å². The lowest BCUT2D eigenvalue weighted by Gasteiger charge is -2.16. The highest BCUT2D eigenvalue weighted by atomic mass is 35.5. The number of nitrogens with zero attached hydrogens (tertiary/aromatic N) is 2. The molecule has 0 spiro atoms. The molecule has 0 aliphatic rings. The lowest BCUT2D eigenvalue weighted by atomic mass is 10.1. The van der Waals surface area contributed by atoms with Gasteiger partial charge in [0.25, 0.3) is 0 Å². The summed E-state index contributed by atoms with van der Waals surface area (Å²) in [4.78, 5) is 24.8. The van der Waals surface area contributed by atoms with Gasteiger partial charge in [-0.15, -0.1) is 12.4 Å². The van der Waals surface area contributed by atoms with E-state index in [4.69, 9.17) is 5.73 Å². The fourth-order valence-electron chi connectivity index (χ4n) is 2.85. The van der Waals surface area contributed by atoms with E-state index >= 15 is 0 Å². The number of para-hydroxylation sites is 2. The molecule has 2 aromatic rings. The zero-order valence-electron chi connectivity index (χ0n) is 14.3. The van der Waals surface area contributed by atoms with Gasteiger partial charge in [0.05, 0.1) is 11.0 Å². The van der Waals surface area contributed by atoms with Crippen LogP contribution in [0.15, 0.2) is 29.1 Å². The minimum absolute atomic E-state index is 0. The van der Waals surface area contributed by atoms with Gasteiger partial charge in [0.15, 0.2) is 0 Å². The molecule has 0 fully saturated rings. The Morgan fingerprint density at radius 1 is 1.21 bits per heavy atom. The Kier molecular flexibility index (Phi) is 8.01. The number of carbonyl (C=O) groups excluding carboxylic acids is 1. The number of halogens is 1. The van der Waals surface area contributed by atoms with Crippen LogP contribution in [0.5, 0.6) is 0 Å². The van der Waals surface area contributed by atoms with E-state index in [0.29, 0.717) is 13.1 Å². The Balaban J connectivity index is 0.00000288. The molecule has 0 bridgehead atoms. The SMILES string of the molecule is CCCCC(CN)NC(=O)Cn1c(=O)n(CC)c2ccccc21.Cl. The van der Waals surface area contributed by atoms with Crippen molar-refractivity contribution in [2.45, 2.75) is 52.2 Å². The third kappa shape index (κ3) is 4.39. The molecule has 134 valence electrons. The Morgan fingerprint density at radius 3 is 2.38 bits per heavy atom. The number of aryl methyl sites for hydroxylation is 1. The first kappa shape index (κ1) is 20.3. The Hall–Kier alpha value is -1.79. The molecular weight excluding hydrogens is 328 g/mol. The summed E-state index contributed by atoms with van der Waals surface area (Å²) in [6, 6.07) is 7.51. The minimum atomic E-state index is -0.169. The number of benzene rings is 1. The molecule has 2 rings (SSSR count). The average molecular weight is 355 g/mol. The Bertz CT molecular complexity index is 723. The van der Waals surface area contributed by atoms with Crippen LogP contribution in [0.3, 0.4) is 0 Å². The van der Waals surface area contributed by atoms with Gasteiger partial charge in [-0.05, 0) is 25.5 Å². The lowest BCUT2D eigenvalue weighted by Crippen LogP contribution is -2.42. The van der Waals surface area contributed by atoms with Gasteiger partial charge < -0.3 is 11.1 Å². The van der Waals surface area contributed by atoms with Crippen LogP contribution in [0, 0.1) is 0 Å². The van der Waals surface area contributed by atoms with Crippen LogP contribution in [0.1, 0.15) is 33.1 Å². The summed E-state index contributed by atoms with van der Waals surface area (Å²) in [5, 5.41) is 2.94. The molecule has 0 radical (unpaired) electrons. The van der Waals surface area contributed by atoms with Crippen LogP contribution >= 0.6 is 12.4 Å². The van der Waals surface area contributed by atoms with Crippen molar-refractivity contribution in [3.63, 3.8) is 0 Å². The highest BCUT2D eigenvalue weighted by Crippen LogP contribution is 2.12. The fourth-order valence-corrected chi connectivity index (χ4v) is 2.85. The van der Waals surface area contributed by atoms with Crippen molar-refractivity contribution >= 4 is 29.3 Å². The normalized spacial score (nSPS) is 12.0. The molecule has 1 amide bonds. The molecule has 1 heterocycles. The van der Waals surface area contributed by atoms with E-state index in [0.717, 1.165) is 30.3 Å². The van der Waals surface area contributed by atoms with Crippen molar-refractivity contribution in [2.24, 2.45) is 5.73 Å². The number of carbonyl (C=O) groups is 1. The van der Waals surface area contributed by atoms with Crippen LogP contribution in [-0.2, 0) is 17.9 Å². The molecule has 0 saturated carbocycles. The molecule has 1 aromatic carbocycles. The van der Waals surface area contributed by atoms with Crippen molar-refractivity contribution in [1.29, 1.82) is 0 Å². The largest absolute Gasteiger partial charge is 0.351 e. The second-order valence-electron chi connectivity index (χ2n) is 5.74. The number of nitrogens with two attached hydrogens (primary N) is 1. The molecule has 1 aromatic heterocycles. The minimum Gasteiger partial charge on any atom is -0.351 e. The van der Waals surface area contributed by atoms with Gasteiger partial charge in [0.2, 0.25) is 5.91 Å². The monoisotopic (exact) mass is 354 g/mol. The molecule has 3 N–H and O–H groups in total. The smallest absolute Gasteiger partial charge is 0.329 e. The first-order chi connectivity index (χ1) is 11.1. The molecule has 0 aliphatic heterocycles. The van der Waals surface area contributed by atoms with Crippen LogP contribution in [0.2, 0.25) is 0 Å². The highest BCUT2D eigenvalue weighted by Gasteiger charge is 2.16. The Labute approximate surface area is 148 Å².